The lowest BCUT2D eigenvalue weighted by Gasteiger charge is -2.36. The van der Waals surface area contributed by atoms with Gasteiger partial charge in [0, 0.05) is 23.7 Å². The zero-order chi connectivity index (χ0) is 21.3. The van der Waals surface area contributed by atoms with Gasteiger partial charge in [0.1, 0.15) is 18.1 Å². The molecule has 2 unspecified atom stereocenters. The number of nitrogens with zero attached hydrogens (tertiary/aromatic N) is 1. The molecule has 0 amide bonds. The number of nitrogens with one attached hydrogen (secondary N) is 1. The Labute approximate surface area is 185 Å². The van der Waals surface area contributed by atoms with Crippen LogP contribution in [0, 0.1) is 17.2 Å². The first kappa shape index (κ1) is 20.5. The molecule has 0 bridgehead atoms. The molecule has 4 nitrogen and oxygen atoms in total. The molecule has 0 saturated heterocycles. The molecule has 0 aromatic heterocycles. The summed E-state index contributed by atoms with van der Waals surface area (Å²) in [5, 5.41) is 14.0. The van der Waals surface area contributed by atoms with Crippen molar-refractivity contribution < 1.29 is 9.53 Å². The largest absolute Gasteiger partial charge is 0.489 e. The minimum Gasteiger partial charge on any atom is -0.489 e. The molecule has 1 N–H and O–H groups in total. The summed E-state index contributed by atoms with van der Waals surface area (Å²) in [4.78, 5) is 12.7. The number of hydrogen-bond donors (Lipinski definition) is 1. The van der Waals surface area contributed by atoms with Crippen molar-refractivity contribution in [3.05, 3.63) is 86.7 Å². The zero-order valence-electron chi connectivity index (χ0n) is 16.4. The lowest BCUT2D eigenvalue weighted by Crippen LogP contribution is -2.38. The van der Waals surface area contributed by atoms with Gasteiger partial charge in [-0.2, -0.15) is 5.26 Å². The number of rotatable bonds is 4. The van der Waals surface area contributed by atoms with Crippen molar-refractivity contribution in [3.8, 4) is 11.8 Å². The molecule has 0 fully saturated rings. The van der Waals surface area contributed by atoms with Crippen LogP contribution in [0.1, 0.15) is 36.8 Å². The number of hydrogen-bond acceptors (Lipinski definition) is 4. The molecule has 1 aliphatic heterocycles. The molecule has 152 valence electrons. The minimum atomic E-state index is -0.333. The lowest BCUT2D eigenvalue weighted by atomic mass is 9.71. The van der Waals surface area contributed by atoms with Crippen LogP contribution in [0.2, 0.25) is 10.0 Å². The van der Waals surface area contributed by atoms with Crippen LogP contribution in [0.4, 0.5) is 0 Å². The van der Waals surface area contributed by atoms with Crippen molar-refractivity contribution >= 4 is 29.0 Å². The number of fused-ring (bicyclic) bond motifs is 1. The van der Waals surface area contributed by atoms with E-state index in [-0.39, 0.29) is 17.6 Å². The standard InChI is InChI=1S/C24H20Cl2N2O2/c1-14-18(12-27)23(24-21(28-14)3-2-4-22(24)29)16-6-8-17(9-7-16)30-13-15-5-10-19(25)20(26)11-15/h3,5-11,23-24,28H,2,4,13H2,1H3. The maximum atomic E-state index is 12.7. The van der Waals surface area contributed by atoms with Gasteiger partial charge in [-0.1, -0.05) is 47.5 Å². The summed E-state index contributed by atoms with van der Waals surface area (Å²) in [5.41, 5.74) is 4.17. The Morgan fingerprint density at radius 3 is 2.60 bits per heavy atom. The molecule has 4 rings (SSSR count). The number of halogens is 2. The first-order valence-electron chi connectivity index (χ1n) is 9.75. The Kier molecular flexibility index (Phi) is 5.85. The van der Waals surface area contributed by atoms with Crippen molar-refractivity contribution in [2.24, 2.45) is 5.92 Å². The molecule has 2 atom stereocenters. The first-order valence-corrected chi connectivity index (χ1v) is 10.5. The van der Waals surface area contributed by atoms with Gasteiger partial charge < -0.3 is 10.1 Å². The summed E-state index contributed by atoms with van der Waals surface area (Å²) in [6, 6.07) is 15.3. The van der Waals surface area contributed by atoms with Crippen molar-refractivity contribution in [2.45, 2.75) is 32.3 Å². The van der Waals surface area contributed by atoms with Gasteiger partial charge >= 0.3 is 0 Å². The van der Waals surface area contributed by atoms with Gasteiger partial charge in [0.25, 0.3) is 0 Å². The highest BCUT2D eigenvalue weighted by atomic mass is 35.5. The number of carbonyl (C=O) groups excluding carboxylic acids is 1. The van der Waals surface area contributed by atoms with Crippen molar-refractivity contribution in [3.63, 3.8) is 0 Å². The quantitative estimate of drug-likeness (QED) is 0.643. The molecular formula is C24H20Cl2N2O2. The molecular weight excluding hydrogens is 419 g/mol. The van der Waals surface area contributed by atoms with Gasteiger partial charge in [0.05, 0.1) is 27.6 Å². The minimum absolute atomic E-state index is 0.171. The molecule has 2 aliphatic rings. The van der Waals surface area contributed by atoms with Crippen LogP contribution < -0.4 is 10.1 Å². The van der Waals surface area contributed by atoms with Crippen LogP contribution >= 0.6 is 23.2 Å². The number of ether oxygens (including phenoxy) is 1. The summed E-state index contributed by atoms with van der Waals surface area (Å²) in [5.74, 6) is 0.258. The average Bonchev–Trinajstić information content (AvgIpc) is 2.74. The number of carbonyl (C=O) groups is 1. The maximum Gasteiger partial charge on any atom is 0.143 e. The number of Topliss-reactive ketones (excluding diaryl/α,β-unsaturated/α-hetero) is 1. The molecule has 0 saturated carbocycles. The molecule has 1 heterocycles. The second-order valence-electron chi connectivity index (χ2n) is 7.50. The van der Waals surface area contributed by atoms with E-state index >= 15 is 0 Å². The molecule has 6 heteroatoms. The van der Waals surface area contributed by atoms with Crippen LogP contribution in [0.5, 0.6) is 5.75 Å². The molecule has 30 heavy (non-hydrogen) atoms. The Morgan fingerprint density at radius 1 is 1.13 bits per heavy atom. The van der Waals surface area contributed by atoms with Gasteiger partial charge in [-0.05, 0) is 48.7 Å². The summed E-state index contributed by atoms with van der Waals surface area (Å²) < 4.78 is 5.86. The smallest absolute Gasteiger partial charge is 0.143 e. The van der Waals surface area contributed by atoms with Crippen molar-refractivity contribution in [1.82, 2.24) is 5.32 Å². The average molecular weight is 439 g/mol. The fourth-order valence-corrected chi connectivity index (χ4v) is 4.40. The van der Waals surface area contributed by atoms with Gasteiger partial charge in [-0.25, -0.2) is 0 Å². The van der Waals surface area contributed by atoms with Crippen LogP contribution in [0.25, 0.3) is 0 Å². The number of allylic oxidation sites excluding steroid dienone is 4. The van der Waals surface area contributed by atoms with Gasteiger partial charge in [0.2, 0.25) is 0 Å². The van der Waals surface area contributed by atoms with E-state index in [9.17, 15) is 10.1 Å². The van der Waals surface area contributed by atoms with Crippen LogP contribution in [-0.4, -0.2) is 5.78 Å². The third-order valence-electron chi connectivity index (χ3n) is 5.57. The van der Waals surface area contributed by atoms with Crippen molar-refractivity contribution in [2.75, 3.05) is 0 Å². The normalized spacial score (nSPS) is 20.7. The fraction of sp³-hybridized carbons (Fsp3) is 0.250. The molecule has 1 aliphatic carbocycles. The number of benzene rings is 2. The summed E-state index contributed by atoms with van der Waals surface area (Å²) in [7, 11) is 0. The van der Waals surface area contributed by atoms with E-state index in [0.29, 0.717) is 34.4 Å². The van der Waals surface area contributed by atoms with Crippen LogP contribution in [-0.2, 0) is 11.4 Å². The molecule has 2 aromatic rings. The van der Waals surface area contributed by atoms with E-state index in [1.54, 1.807) is 12.1 Å². The van der Waals surface area contributed by atoms with Crippen LogP contribution in [0.15, 0.2) is 65.5 Å². The van der Waals surface area contributed by atoms with E-state index in [1.807, 2.05) is 37.3 Å². The monoisotopic (exact) mass is 438 g/mol. The number of nitriles is 1. The highest BCUT2D eigenvalue weighted by Crippen LogP contribution is 2.43. The Bertz CT molecular complexity index is 1100. The SMILES string of the molecule is CC1=C(C#N)C(c2ccc(OCc3ccc(Cl)c(Cl)c3)cc2)C2C(=O)CCC=C2N1. The summed E-state index contributed by atoms with van der Waals surface area (Å²) in [6.45, 7) is 2.25. The summed E-state index contributed by atoms with van der Waals surface area (Å²) >= 11 is 12.0. The Balaban J connectivity index is 1.57. The lowest BCUT2D eigenvalue weighted by molar-refractivity contribution is -0.122. The van der Waals surface area contributed by atoms with E-state index in [4.69, 9.17) is 27.9 Å². The molecule has 0 radical (unpaired) electrons. The second kappa shape index (κ2) is 8.55. The topological polar surface area (TPSA) is 62.1 Å². The highest BCUT2D eigenvalue weighted by molar-refractivity contribution is 6.42. The predicted octanol–water partition coefficient (Wildman–Crippen LogP) is 5.92. The molecule has 0 spiro atoms. The fourth-order valence-electron chi connectivity index (χ4n) is 4.08. The van der Waals surface area contributed by atoms with E-state index in [1.165, 1.54) is 0 Å². The Morgan fingerprint density at radius 2 is 1.90 bits per heavy atom. The third-order valence-corrected chi connectivity index (χ3v) is 6.31. The van der Waals surface area contributed by atoms with E-state index in [2.05, 4.69) is 17.5 Å². The summed E-state index contributed by atoms with van der Waals surface area (Å²) in [6.07, 6.45) is 3.32. The van der Waals surface area contributed by atoms with Gasteiger partial charge in [0.15, 0.2) is 0 Å². The predicted molar refractivity (Wildman–Crippen MR) is 117 cm³/mol. The van der Waals surface area contributed by atoms with Gasteiger partial charge in [-0.15, -0.1) is 0 Å². The zero-order valence-corrected chi connectivity index (χ0v) is 17.9. The maximum absolute atomic E-state index is 12.7. The third kappa shape index (κ3) is 3.96. The second-order valence-corrected chi connectivity index (χ2v) is 8.32. The van der Waals surface area contributed by atoms with Crippen LogP contribution in [0.3, 0.4) is 0 Å². The first-order chi connectivity index (χ1) is 14.5. The highest BCUT2D eigenvalue weighted by Gasteiger charge is 2.40. The van der Waals surface area contributed by atoms with Crippen molar-refractivity contribution in [1.29, 1.82) is 5.26 Å². The number of ketones is 1. The van der Waals surface area contributed by atoms with Gasteiger partial charge in [-0.3, -0.25) is 4.79 Å². The Hall–Kier alpha value is -2.74. The molecule has 2 aromatic carbocycles. The van der Waals surface area contributed by atoms with E-state index in [0.717, 1.165) is 28.9 Å². The van der Waals surface area contributed by atoms with E-state index < -0.39 is 0 Å².